The van der Waals surface area contributed by atoms with Crippen LogP contribution in [0.5, 0.6) is 0 Å². The molecule has 1 heterocycles. The van der Waals surface area contributed by atoms with Gasteiger partial charge in [-0.05, 0) is 49.7 Å². The Morgan fingerprint density at radius 3 is 2.38 bits per heavy atom. The van der Waals surface area contributed by atoms with E-state index in [-0.39, 0.29) is 11.2 Å². The number of halogens is 1. The Bertz CT molecular complexity index is 1390. The highest BCUT2D eigenvalue weighted by Crippen LogP contribution is 2.26. The van der Waals surface area contributed by atoms with Crippen LogP contribution >= 0.6 is 11.6 Å². The van der Waals surface area contributed by atoms with Gasteiger partial charge in [-0.3, -0.25) is 25.0 Å². The summed E-state index contributed by atoms with van der Waals surface area (Å²) < 4.78 is 1.37. The Morgan fingerprint density at radius 1 is 1.06 bits per heavy atom. The van der Waals surface area contributed by atoms with E-state index in [2.05, 4.69) is 5.10 Å². The molecular weight excluding hydrogens is 428 g/mol. The fraction of sp³-hybridized carbons (Fsp3) is 0.0833. The summed E-state index contributed by atoms with van der Waals surface area (Å²) in [5, 5.41) is 14.7. The number of hydrogen-bond donors (Lipinski definition) is 1. The largest absolute Gasteiger partial charge is 0.290 e. The van der Waals surface area contributed by atoms with Crippen LogP contribution in [0.3, 0.4) is 0 Å². The molecule has 0 bridgehead atoms. The minimum absolute atomic E-state index is 0.0483. The molecule has 0 saturated heterocycles. The molecule has 0 fully saturated rings. The number of nitro groups is 1. The SMILES string of the molecule is CC(=Nc1ccc(Cl)cc1C)c1c(-c2ccccc2)[nH]n(-c2ccc([N+](=O)[O-])cc2)c1=O. The third-order valence-corrected chi connectivity index (χ3v) is 5.32. The average molecular weight is 447 g/mol. The van der Waals surface area contributed by atoms with Crippen molar-refractivity contribution in [3.63, 3.8) is 0 Å². The van der Waals surface area contributed by atoms with Gasteiger partial charge in [-0.1, -0.05) is 41.9 Å². The monoisotopic (exact) mass is 446 g/mol. The van der Waals surface area contributed by atoms with Crippen molar-refractivity contribution in [3.8, 4) is 16.9 Å². The number of rotatable bonds is 5. The second kappa shape index (κ2) is 8.64. The molecule has 3 aromatic carbocycles. The van der Waals surface area contributed by atoms with Gasteiger partial charge in [0.05, 0.1) is 33.3 Å². The van der Waals surface area contributed by atoms with Crippen LogP contribution in [0.2, 0.25) is 5.02 Å². The summed E-state index contributed by atoms with van der Waals surface area (Å²) in [4.78, 5) is 28.6. The quantitative estimate of drug-likeness (QED) is 0.237. The summed E-state index contributed by atoms with van der Waals surface area (Å²) in [6.07, 6.45) is 0. The van der Waals surface area contributed by atoms with Crippen molar-refractivity contribution in [2.24, 2.45) is 4.99 Å². The summed E-state index contributed by atoms with van der Waals surface area (Å²) >= 11 is 6.05. The van der Waals surface area contributed by atoms with E-state index in [1.807, 2.05) is 49.4 Å². The highest BCUT2D eigenvalue weighted by molar-refractivity contribution is 6.30. The summed E-state index contributed by atoms with van der Waals surface area (Å²) in [5.74, 6) is 0. The molecule has 1 N–H and O–H groups in total. The lowest BCUT2D eigenvalue weighted by Crippen LogP contribution is -2.19. The molecule has 0 aliphatic carbocycles. The maximum absolute atomic E-state index is 13.4. The van der Waals surface area contributed by atoms with Gasteiger partial charge in [0.15, 0.2) is 0 Å². The van der Waals surface area contributed by atoms with Crippen LogP contribution in [-0.2, 0) is 0 Å². The number of hydrogen-bond acceptors (Lipinski definition) is 4. The maximum Gasteiger partial charge on any atom is 0.280 e. The van der Waals surface area contributed by atoms with E-state index < -0.39 is 4.92 Å². The smallest absolute Gasteiger partial charge is 0.280 e. The molecule has 1 aromatic heterocycles. The number of H-pyrrole nitrogens is 1. The number of non-ortho nitro benzene ring substituents is 1. The summed E-state index contributed by atoms with van der Waals surface area (Å²) in [5.41, 5.74) is 4.14. The maximum atomic E-state index is 13.4. The van der Waals surface area contributed by atoms with Crippen molar-refractivity contribution in [2.45, 2.75) is 13.8 Å². The number of aromatic amines is 1. The first-order valence-electron chi connectivity index (χ1n) is 9.82. The predicted octanol–water partition coefficient (Wildman–Crippen LogP) is 5.84. The molecule has 160 valence electrons. The van der Waals surface area contributed by atoms with Gasteiger partial charge in [0.1, 0.15) is 0 Å². The zero-order valence-corrected chi connectivity index (χ0v) is 18.1. The first-order valence-corrected chi connectivity index (χ1v) is 10.2. The van der Waals surface area contributed by atoms with E-state index in [0.717, 1.165) is 11.1 Å². The van der Waals surface area contributed by atoms with E-state index in [4.69, 9.17) is 16.6 Å². The molecule has 32 heavy (non-hydrogen) atoms. The highest BCUT2D eigenvalue weighted by Gasteiger charge is 2.20. The Hall–Kier alpha value is -3.97. The third kappa shape index (κ3) is 4.10. The molecule has 7 nitrogen and oxygen atoms in total. The fourth-order valence-corrected chi connectivity index (χ4v) is 3.70. The van der Waals surface area contributed by atoms with Crippen LogP contribution in [-0.4, -0.2) is 20.4 Å². The molecule has 0 unspecified atom stereocenters. The summed E-state index contributed by atoms with van der Waals surface area (Å²) in [7, 11) is 0. The van der Waals surface area contributed by atoms with Crippen LogP contribution in [0, 0.1) is 17.0 Å². The Kier molecular flexibility index (Phi) is 5.75. The van der Waals surface area contributed by atoms with Gasteiger partial charge in [0.25, 0.3) is 11.2 Å². The van der Waals surface area contributed by atoms with Crippen molar-refractivity contribution in [1.82, 2.24) is 9.78 Å². The van der Waals surface area contributed by atoms with E-state index >= 15 is 0 Å². The molecule has 4 aromatic rings. The second-order valence-electron chi connectivity index (χ2n) is 7.27. The Labute approximate surface area is 188 Å². The number of nitrogens with zero attached hydrogens (tertiary/aromatic N) is 3. The summed E-state index contributed by atoms with van der Waals surface area (Å²) in [6, 6.07) is 20.6. The number of benzene rings is 3. The average Bonchev–Trinajstić information content (AvgIpc) is 3.13. The van der Waals surface area contributed by atoms with Gasteiger partial charge in [-0.15, -0.1) is 0 Å². The minimum atomic E-state index is -0.479. The molecule has 0 amide bonds. The molecule has 0 atom stereocenters. The van der Waals surface area contributed by atoms with Crippen molar-refractivity contribution in [2.75, 3.05) is 0 Å². The van der Waals surface area contributed by atoms with Crippen LogP contribution in [0.15, 0.2) is 82.6 Å². The second-order valence-corrected chi connectivity index (χ2v) is 7.71. The Morgan fingerprint density at radius 2 is 1.75 bits per heavy atom. The van der Waals surface area contributed by atoms with Crippen LogP contribution in [0.4, 0.5) is 11.4 Å². The van der Waals surface area contributed by atoms with Crippen molar-refractivity contribution in [1.29, 1.82) is 0 Å². The minimum Gasteiger partial charge on any atom is -0.290 e. The van der Waals surface area contributed by atoms with Gasteiger partial charge in [0, 0.05) is 22.7 Å². The lowest BCUT2D eigenvalue weighted by Gasteiger charge is -2.05. The van der Waals surface area contributed by atoms with Gasteiger partial charge in [-0.2, -0.15) is 0 Å². The molecule has 0 spiro atoms. The normalized spacial score (nSPS) is 11.5. The van der Waals surface area contributed by atoms with E-state index in [1.165, 1.54) is 28.9 Å². The van der Waals surface area contributed by atoms with Crippen molar-refractivity contribution >= 4 is 28.7 Å². The number of nitrogens with one attached hydrogen (secondary N) is 1. The standard InChI is InChI=1S/C24H19ClN4O3/c1-15-14-18(25)8-13-21(15)26-16(2)22-23(17-6-4-3-5-7-17)27-28(24(22)30)19-9-11-20(12-10-19)29(31)32/h3-14,27H,1-2H3. The van der Waals surface area contributed by atoms with Crippen LogP contribution in [0.1, 0.15) is 18.1 Å². The number of nitro benzene ring substituents is 1. The number of aromatic nitrogens is 2. The fourth-order valence-electron chi connectivity index (χ4n) is 3.47. The van der Waals surface area contributed by atoms with E-state index in [0.29, 0.717) is 33.4 Å². The first kappa shape index (κ1) is 21.3. The highest BCUT2D eigenvalue weighted by atomic mass is 35.5. The van der Waals surface area contributed by atoms with Gasteiger partial charge in [-0.25, -0.2) is 4.68 Å². The lowest BCUT2D eigenvalue weighted by atomic mass is 10.1. The van der Waals surface area contributed by atoms with Gasteiger partial charge >= 0.3 is 0 Å². The van der Waals surface area contributed by atoms with Gasteiger partial charge in [0.2, 0.25) is 0 Å². The molecule has 4 rings (SSSR count). The molecule has 0 aliphatic rings. The molecule has 0 radical (unpaired) electrons. The van der Waals surface area contributed by atoms with Crippen LogP contribution in [0.25, 0.3) is 16.9 Å². The summed E-state index contributed by atoms with van der Waals surface area (Å²) in [6.45, 7) is 3.69. The number of aliphatic imine (C=N–C) groups is 1. The zero-order valence-electron chi connectivity index (χ0n) is 17.4. The molecule has 0 aliphatic heterocycles. The molecule has 0 saturated carbocycles. The molecule has 8 heteroatoms. The molecular formula is C24H19ClN4O3. The van der Waals surface area contributed by atoms with Crippen LogP contribution < -0.4 is 5.56 Å². The van der Waals surface area contributed by atoms with Crippen molar-refractivity contribution in [3.05, 3.63) is 109 Å². The predicted molar refractivity (Wildman–Crippen MR) is 127 cm³/mol. The topological polar surface area (TPSA) is 93.3 Å². The first-order chi connectivity index (χ1) is 15.3. The third-order valence-electron chi connectivity index (χ3n) is 5.08. The zero-order chi connectivity index (χ0) is 22.8. The van der Waals surface area contributed by atoms with E-state index in [1.54, 1.807) is 13.0 Å². The van der Waals surface area contributed by atoms with E-state index in [9.17, 15) is 14.9 Å². The number of aryl methyl sites for hydroxylation is 1. The van der Waals surface area contributed by atoms with Crippen molar-refractivity contribution < 1.29 is 4.92 Å². The lowest BCUT2D eigenvalue weighted by molar-refractivity contribution is -0.384. The Balaban J connectivity index is 1.90. The van der Waals surface area contributed by atoms with Gasteiger partial charge < -0.3 is 0 Å².